The molecular weight excluding hydrogens is 364 g/mol. The van der Waals surface area contributed by atoms with E-state index in [0.29, 0.717) is 17.4 Å². The fraction of sp³-hybridized carbons (Fsp3) is 0.417. The molecule has 0 amide bonds. The van der Waals surface area contributed by atoms with Crippen LogP contribution in [-0.4, -0.2) is 42.1 Å². The van der Waals surface area contributed by atoms with Gasteiger partial charge in [0.25, 0.3) is 0 Å². The van der Waals surface area contributed by atoms with Crippen LogP contribution in [0.4, 0.5) is 0 Å². The van der Waals surface area contributed by atoms with Gasteiger partial charge in [0, 0.05) is 29.3 Å². The predicted molar refractivity (Wildman–Crippen MR) is 114 cm³/mol. The molecule has 5 heteroatoms. The highest BCUT2D eigenvalue weighted by atomic mass is 16.5. The summed E-state index contributed by atoms with van der Waals surface area (Å²) in [4.78, 5) is 19.5. The molecule has 2 bridgehead atoms. The van der Waals surface area contributed by atoms with Gasteiger partial charge in [0.2, 0.25) is 0 Å². The van der Waals surface area contributed by atoms with Crippen molar-refractivity contribution in [1.29, 1.82) is 0 Å². The largest absolute Gasteiger partial charge is 0.497 e. The highest BCUT2D eigenvalue weighted by molar-refractivity contribution is 5.88. The van der Waals surface area contributed by atoms with E-state index < -0.39 is 0 Å². The molecule has 3 aliphatic heterocycles. The Kier molecular flexibility index (Phi) is 5.41. The van der Waals surface area contributed by atoms with E-state index in [1.54, 1.807) is 20.2 Å². The number of aromatic nitrogens is 1. The number of carbonyl (C=O) groups excluding carboxylic acids is 1. The Labute approximate surface area is 172 Å². The second-order valence-corrected chi connectivity index (χ2v) is 8.14. The van der Waals surface area contributed by atoms with Crippen molar-refractivity contribution < 1.29 is 14.3 Å². The molecule has 2 aromatic rings. The van der Waals surface area contributed by atoms with Gasteiger partial charge in [0.05, 0.1) is 18.7 Å². The first kappa shape index (κ1) is 19.6. The number of fused-ring (bicyclic) bond motifs is 4. The maximum atomic E-state index is 12.6. The van der Waals surface area contributed by atoms with Gasteiger partial charge in [-0.25, -0.2) is 4.79 Å². The lowest BCUT2D eigenvalue weighted by Crippen LogP contribution is -2.55. The molecule has 3 saturated heterocycles. The number of rotatable bonds is 6. The summed E-state index contributed by atoms with van der Waals surface area (Å²) in [5, 5.41) is 0.953. The molecule has 3 aliphatic rings. The topological polar surface area (TPSA) is 51.7 Å². The molecule has 4 heterocycles. The van der Waals surface area contributed by atoms with Crippen LogP contribution in [0.25, 0.3) is 10.9 Å². The molecule has 5 rings (SSSR count). The van der Waals surface area contributed by atoms with Crippen LogP contribution < -0.4 is 4.74 Å². The Balaban J connectivity index is 1.78. The van der Waals surface area contributed by atoms with E-state index in [1.807, 2.05) is 24.3 Å². The zero-order valence-electron chi connectivity index (χ0n) is 17.1. The summed E-state index contributed by atoms with van der Waals surface area (Å²) < 4.78 is 11.5. The van der Waals surface area contributed by atoms with Crippen molar-refractivity contribution in [2.24, 2.45) is 11.8 Å². The summed E-state index contributed by atoms with van der Waals surface area (Å²) in [7, 11) is 1.65. The number of pyridine rings is 1. The minimum atomic E-state index is -0.384. The Hall–Kier alpha value is -2.66. The van der Waals surface area contributed by atoms with Gasteiger partial charge in [-0.15, -0.1) is 6.58 Å². The van der Waals surface area contributed by atoms with Crippen molar-refractivity contribution >= 4 is 16.9 Å². The Morgan fingerprint density at radius 2 is 2.21 bits per heavy atom. The molecule has 5 atom stereocenters. The van der Waals surface area contributed by atoms with E-state index in [2.05, 4.69) is 29.1 Å². The second-order valence-electron chi connectivity index (χ2n) is 8.14. The van der Waals surface area contributed by atoms with Crippen molar-refractivity contribution in [3.8, 4) is 5.75 Å². The third-order valence-electron chi connectivity index (χ3n) is 6.37. The molecule has 0 saturated carbocycles. The molecule has 2 unspecified atom stereocenters. The van der Waals surface area contributed by atoms with Crippen LogP contribution in [0.2, 0.25) is 0 Å². The lowest BCUT2D eigenvalue weighted by Gasteiger charge is -2.51. The second kappa shape index (κ2) is 7.99. The van der Waals surface area contributed by atoms with Crippen LogP contribution in [0.3, 0.4) is 0 Å². The van der Waals surface area contributed by atoms with Gasteiger partial charge < -0.3 is 9.47 Å². The van der Waals surface area contributed by atoms with Gasteiger partial charge in [-0.3, -0.25) is 9.88 Å². The summed E-state index contributed by atoms with van der Waals surface area (Å²) in [5.74, 6) is 1.49. The van der Waals surface area contributed by atoms with E-state index in [4.69, 9.17) is 9.47 Å². The fourth-order valence-electron chi connectivity index (χ4n) is 4.78. The van der Waals surface area contributed by atoms with Gasteiger partial charge >= 0.3 is 5.97 Å². The molecule has 152 valence electrons. The van der Waals surface area contributed by atoms with E-state index in [-0.39, 0.29) is 18.1 Å². The van der Waals surface area contributed by atoms with E-state index in [1.165, 1.54) is 6.42 Å². The Bertz CT molecular complexity index is 954. The van der Waals surface area contributed by atoms with Crippen LogP contribution in [-0.2, 0) is 9.53 Å². The van der Waals surface area contributed by atoms with Crippen molar-refractivity contribution in [1.82, 2.24) is 9.88 Å². The molecule has 3 fully saturated rings. The van der Waals surface area contributed by atoms with Gasteiger partial charge in [0.1, 0.15) is 11.9 Å². The van der Waals surface area contributed by atoms with Crippen molar-refractivity contribution in [3.63, 3.8) is 0 Å². The quantitative estimate of drug-likeness (QED) is 0.417. The molecule has 0 aliphatic carbocycles. The van der Waals surface area contributed by atoms with Crippen molar-refractivity contribution in [2.45, 2.75) is 31.9 Å². The average molecular weight is 392 g/mol. The molecule has 0 N–H and O–H groups in total. The summed E-state index contributed by atoms with van der Waals surface area (Å²) in [5.41, 5.74) is 2.24. The molecular formula is C24H28N2O3. The SMILES string of the molecule is C=CC1CN2CC[C@H]1C[C@H]2[C@H](OC(=O)C(=C)C)c1ccnc2ccc(OC)cc12. The number of hydrogen-bond donors (Lipinski definition) is 0. The molecule has 1 aromatic heterocycles. The van der Waals surface area contributed by atoms with E-state index in [9.17, 15) is 4.79 Å². The molecule has 1 aromatic carbocycles. The van der Waals surface area contributed by atoms with Gasteiger partial charge in [0.15, 0.2) is 0 Å². The normalized spacial score (nSPS) is 26.7. The highest BCUT2D eigenvalue weighted by Crippen LogP contribution is 2.43. The minimum Gasteiger partial charge on any atom is -0.497 e. The van der Waals surface area contributed by atoms with E-state index in [0.717, 1.165) is 41.7 Å². The maximum absolute atomic E-state index is 12.6. The zero-order chi connectivity index (χ0) is 20.5. The van der Waals surface area contributed by atoms with Crippen LogP contribution in [0.1, 0.15) is 31.4 Å². The maximum Gasteiger partial charge on any atom is 0.333 e. The number of piperidine rings is 3. The first-order valence-electron chi connectivity index (χ1n) is 10.2. The number of benzene rings is 1. The number of ether oxygens (including phenoxy) is 2. The molecule has 5 nitrogen and oxygen atoms in total. The zero-order valence-corrected chi connectivity index (χ0v) is 17.1. The molecule has 29 heavy (non-hydrogen) atoms. The van der Waals surface area contributed by atoms with Crippen LogP contribution in [0.15, 0.2) is 55.3 Å². The number of hydrogen-bond acceptors (Lipinski definition) is 5. The molecule has 0 radical (unpaired) electrons. The third-order valence-corrected chi connectivity index (χ3v) is 6.37. The Morgan fingerprint density at radius 1 is 1.38 bits per heavy atom. The number of nitrogens with zero attached hydrogens (tertiary/aromatic N) is 2. The summed E-state index contributed by atoms with van der Waals surface area (Å²) in [6.07, 6.45) is 5.63. The van der Waals surface area contributed by atoms with Crippen molar-refractivity contribution in [2.75, 3.05) is 20.2 Å². The summed E-state index contributed by atoms with van der Waals surface area (Å²) in [6.45, 7) is 11.5. The van der Waals surface area contributed by atoms with Crippen molar-refractivity contribution in [3.05, 3.63) is 60.8 Å². The standard InChI is InChI=1S/C24H28N2O3/c1-5-16-14-26-11-9-17(16)12-22(26)23(29-24(27)15(2)3)19-8-10-25-21-7-6-18(28-4)13-20(19)21/h5-8,10,13,16-17,22-23H,1-2,9,11-12,14H2,3-4H3/t16?,17-,22-,23+/m0/s1. The van der Waals surface area contributed by atoms with Gasteiger partial charge in [-0.1, -0.05) is 12.7 Å². The first-order valence-corrected chi connectivity index (χ1v) is 10.2. The molecule has 0 spiro atoms. The minimum absolute atomic E-state index is 0.130. The number of carbonyl (C=O) groups is 1. The van der Waals surface area contributed by atoms with Gasteiger partial charge in [-0.05, 0) is 62.4 Å². The summed E-state index contributed by atoms with van der Waals surface area (Å²) >= 11 is 0. The first-order chi connectivity index (χ1) is 14.0. The lowest BCUT2D eigenvalue weighted by atomic mass is 9.73. The average Bonchev–Trinajstić information content (AvgIpc) is 2.76. The smallest absolute Gasteiger partial charge is 0.333 e. The number of esters is 1. The monoisotopic (exact) mass is 392 g/mol. The van der Waals surface area contributed by atoms with E-state index >= 15 is 0 Å². The van der Waals surface area contributed by atoms with Crippen LogP contribution in [0, 0.1) is 11.8 Å². The van der Waals surface area contributed by atoms with Crippen LogP contribution >= 0.6 is 0 Å². The number of methoxy groups -OCH3 is 1. The Morgan fingerprint density at radius 3 is 2.86 bits per heavy atom. The van der Waals surface area contributed by atoms with Gasteiger partial charge in [-0.2, -0.15) is 0 Å². The predicted octanol–water partition coefficient (Wildman–Crippen LogP) is 4.30. The summed E-state index contributed by atoms with van der Waals surface area (Å²) in [6, 6.07) is 7.91. The third kappa shape index (κ3) is 3.67. The highest BCUT2D eigenvalue weighted by Gasteiger charge is 2.44. The lowest BCUT2D eigenvalue weighted by molar-refractivity contribution is -0.152. The van der Waals surface area contributed by atoms with Crippen LogP contribution in [0.5, 0.6) is 5.75 Å². The fourth-order valence-corrected chi connectivity index (χ4v) is 4.78.